The number of aromatic carboxylic acids is 1. The van der Waals surface area contributed by atoms with Gasteiger partial charge < -0.3 is 10.0 Å². The fourth-order valence-electron chi connectivity index (χ4n) is 4.11. The lowest BCUT2D eigenvalue weighted by atomic mass is 10.1. The Morgan fingerprint density at radius 3 is 2.61 bits per heavy atom. The van der Waals surface area contributed by atoms with E-state index in [1.54, 1.807) is 12.3 Å². The van der Waals surface area contributed by atoms with Gasteiger partial charge in [0.2, 0.25) is 0 Å². The number of hydrogen-bond donors (Lipinski definition) is 1. The lowest BCUT2D eigenvalue weighted by molar-refractivity contribution is -0.140. The first kappa shape index (κ1) is 24.9. The maximum Gasteiger partial charge on any atom is 0.419 e. The summed E-state index contributed by atoms with van der Waals surface area (Å²) in [4.78, 5) is 44.3. The fraction of sp³-hybridized carbons (Fsp3) is 0.250. The van der Waals surface area contributed by atoms with E-state index in [4.69, 9.17) is 0 Å². The van der Waals surface area contributed by atoms with Crippen LogP contribution in [0.3, 0.4) is 0 Å². The van der Waals surface area contributed by atoms with E-state index in [-0.39, 0.29) is 5.70 Å². The third-order valence-electron chi connectivity index (χ3n) is 5.86. The molecule has 1 aromatic heterocycles. The highest BCUT2D eigenvalue weighted by Gasteiger charge is 2.37. The van der Waals surface area contributed by atoms with E-state index in [1.165, 1.54) is 12.2 Å². The molecule has 0 unspecified atom stereocenters. The largest absolute Gasteiger partial charge is 0.477 e. The molecule has 2 aromatic rings. The van der Waals surface area contributed by atoms with Crippen molar-refractivity contribution < 1.29 is 27.5 Å². The summed E-state index contributed by atoms with van der Waals surface area (Å²) in [7, 11) is 0. The highest BCUT2D eigenvalue weighted by atomic mass is 19.4. The van der Waals surface area contributed by atoms with E-state index in [9.17, 15) is 37.1 Å². The van der Waals surface area contributed by atoms with E-state index < -0.39 is 52.4 Å². The minimum atomic E-state index is -5.10. The van der Waals surface area contributed by atoms with E-state index in [0.29, 0.717) is 35.8 Å². The first-order valence-corrected chi connectivity index (χ1v) is 10.8. The van der Waals surface area contributed by atoms with Crippen molar-refractivity contribution in [2.45, 2.75) is 26.1 Å². The quantitative estimate of drug-likeness (QED) is 0.631. The molecule has 2 heterocycles. The number of carboxylic acids is 1. The molecule has 0 atom stereocenters. The summed E-state index contributed by atoms with van der Waals surface area (Å²) in [6.07, 6.45) is 2.64. The average molecular weight is 504 g/mol. The van der Waals surface area contributed by atoms with Crippen LogP contribution in [0.4, 0.5) is 17.6 Å². The van der Waals surface area contributed by atoms with Gasteiger partial charge in [0.25, 0.3) is 5.56 Å². The lowest BCUT2D eigenvalue weighted by Crippen LogP contribution is -2.42. The number of aromatic nitrogens is 2. The van der Waals surface area contributed by atoms with Crippen molar-refractivity contribution >= 4 is 17.9 Å². The molecule has 0 saturated heterocycles. The predicted molar refractivity (Wildman–Crippen MR) is 123 cm³/mol. The maximum absolute atomic E-state index is 14.1. The predicted octanol–water partition coefficient (Wildman–Crippen LogP) is 3.33. The van der Waals surface area contributed by atoms with E-state index in [1.807, 2.05) is 11.8 Å². The molecule has 1 N–H and O–H groups in total. The standard InChI is InChI=1S/C24H20F4N4O4/c1-2-30-9-8-29-15-10-16(30)6-7-17(11-15)31-13-18(22(34)35)21(33)32(23(31)36)12-14-4-3-5-19(25)20(14)24(26,27)28/h3-8,11,13H,2,9-10,12H2,1H3,(H,34,35). The van der Waals surface area contributed by atoms with Gasteiger partial charge in [0.05, 0.1) is 24.4 Å². The molecule has 188 valence electrons. The van der Waals surface area contributed by atoms with Crippen LogP contribution in [0.1, 0.15) is 34.8 Å². The minimum Gasteiger partial charge on any atom is -0.477 e. The maximum atomic E-state index is 14.1. The summed E-state index contributed by atoms with van der Waals surface area (Å²) < 4.78 is 55.8. The molecular formula is C24H20F4N4O4. The van der Waals surface area contributed by atoms with Gasteiger partial charge in [0.15, 0.2) is 0 Å². The molecule has 1 aromatic carbocycles. The summed E-state index contributed by atoms with van der Waals surface area (Å²) in [6, 6.07) is 2.54. The van der Waals surface area contributed by atoms with Crippen LogP contribution in [-0.2, 0) is 12.7 Å². The Bertz CT molecular complexity index is 1480. The van der Waals surface area contributed by atoms with E-state index in [2.05, 4.69) is 4.99 Å². The zero-order valence-corrected chi connectivity index (χ0v) is 18.9. The second kappa shape index (κ2) is 9.44. The van der Waals surface area contributed by atoms with Gasteiger partial charge in [0.1, 0.15) is 11.4 Å². The van der Waals surface area contributed by atoms with Crippen LogP contribution in [0.25, 0.3) is 5.70 Å². The van der Waals surface area contributed by atoms with Gasteiger partial charge in [-0.2, -0.15) is 13.2 Å². The molecule has 2 bridgehead atoms. The monoisotopic (exact) mass is 504 g/mol. The van der Waals surface area contributed by atoms with Crippen molar-refractivity contribution in [3.05, 3.63) is 97.4 Å². The number of aliphatic imine (C=N–C) groups is 1. The Morgan fingerprint density at radius 2 is 1.94 bits per heavy atom. The van der Waals surface area contributed by atoms with Crippen molar-refractivity contribution in [1.29, 1.82) is 0 Å². The molecule has 1 aliphatic carbocycles. The second-order valence-electron chi connectivity index (χ2n) is 8.08. The molecule has 0 saturated carbocycles. The Kier molecular flexibility index (Phi) is 6.53. The number of alkyl halides is 3. The molecule has 0 fully saturated rings. The zero-order valence-electron chi connectivity index (χ0n) is 18.9. The number of nitrogens with zero attached hydrogens (tertiary/aromatic N) is 4. The number of carboxylic acid groups (broad SMARTS) is 1. The minimum absolute atomic E-state index is 0.159. The number of fused-ring (bicyclic) bond motifs is 2. The third-order valence-corrected chi connectivity index (χ3v) is 5.86. The highest BCUT2D eigenvalue weighted by Crippen LogP contribution is 2.34. The molecule has 0 radical (unpaired) electrons. The summed E-state index contributed by atoms with van der Waals surface area (Å²) in [5.74, 6) is -3.25. The Hall–Kier alpha value is -4.22. The topological polar surface area (TPSA) is 96.9 Å². The molecule has 1 aliphatic heterocycles. The van der Waals surface area contributed by atoms with Crippen LogP contribution < -0.4 is 11.2 Å². The first-order chi connectivity index (χ1) is 17.0. The van der Waals surface area contributed by atoms with Gasteiger partial charge in [-0.05, 0) is 36.8 Å². The number of hydrogen-bond acceptors (Lipinski definition) is 5. The van der Waals surface area contributed by atoms with Gasteiger partial charge in [0, 0.05) is 36.8 Å². The van der Waals surface area contributed by atoms with Gasteiger partial charge in [-0.3, -0.25) is 18.9 Å². The van der Waals surface area contributed by atoms with Crippen molar-refractivity contribution in [2.75, 3.05) is 13.1 Å². The number of benzene rings is 1. The second-order valence-corrected chi connectivity index (χ2v) is 8.08. The van der Waals surface area contributed by atoms with Crippen molar-refractivity contribution in [3.63, 3.8) is 0 Å². The number of allylic oxidation sites excluding steroid dienone is 4. The Morgan fingerprint density at radius 1 is 1.19 bits per heavy atom. The molecule has 8 nitrogen and oxygen atoms in total. The van der Waals surface area contributed by atoms with Gasteiger partial charge in [-0.1, -0.05) is 12.1 Å². The van der Waals surface area contributed by atoms with Crippen molar-refractivity contribution in [2.24, 2.45) is 4.99 Å². The molecule has 36 heavy (non-hydrogen) atoms. The first-order valence-electron chi connectivity index (χ1n) is 10.8. The summed E-state index contributed by atoms with van der Waals surface area (Å²) >= 11 is 0. The molecule has 4 rings (SSSR count). The average Bonchev–Trinajstić information content (AvgIpc) is 3.13. The lowest BCUT2D eigenvalue weighted by Gasteiger charge is -2.21. The normalized spacial score (nSPS) is 15.6. The number of rotatable bonds is 5. The Labute approximate surface area is 201 Å². The molecule has 0 amide bonds. The van der Waals surface area contributed by atoms with Gasteiger partial charge >= 0.3 is 17.8 Å². The molecule has 12 heteroatoms. The van der Waals surface area contributed by atoms with Crippen LogP contribution in [0.15, 0.2) is 68.6 Å². The van der Waals surface area contributed by atoms with Gasteiger partial charge in [-0.25, -0.2) is 14.0 Å². The van der Waals surface area contributed by atoms with E-state index >= 15 is 0 Å². The van der Waals surface area contributed by atoms with Crippen LogP contribution in [-0.4, -0.2) is 44.4 Å². The smallest absolute Gasteiger partial charge is 0.419 e. The van der Waals surface area contributed by atoms with Gasteiger partial charge in [-0.15, -0.1) is 0 Å². The van der Waals surface area contributed by atoms with Crippen LogP contribution in [0, 0.1) is 5.82 Å². The Balaban J connectivity index is 1.92. The van der Waals surface area contributed by atoms with Crippen molar-refractivity contribution in [1.82, 2.24) is 14.0 Å². The van der Waals surface area contributed by atoms with Crippen LogP contribution in [0.2, 0.25) is 0 Å². The van der Waals surface area contributed by atoms with Crippen LogP contribution >= 0.6 is 0 Å². The fourth-order valence-corrected chi connectivity index (χ4v) is 4.11. The number of carbonyl (C=O) groups is 1. The number of halogens is 4. The molecular weight excluding hydrogens is 484 g/mol. The zero-order chi connectivity index (χ0) is 26.2. The van der Waals surface area contributed by atoms with E-state index in [0.717, 1.165) is 28.6 Å². The SMILES string of the molecule is CCN1CC=NC2=CC(n3cc(C(=O)O)c(=O)n(Cc4cccc(F)c4C(F)(F)F)c3=O)=CC=C1C2. The summed E-state index contributed by atoms with van der Waals surface area (Å²) in [5, 5.41) is 9.56. The summed E-state index contributed by atoms with van der Waals surface area (Å²) in [6.45, 7) is 2.24. The third kappa shape index (κ3) is 4.66. The van der Waals surface area contributed by atoms with Crippen LogP contribution in [0.5, 0.6) is 0 Å². The molecule has 0 spiro atoms. The highest BCUT2D eigenvalue weighted by molar-refractivity contribution is 5.87. The summed E-state index contributed by atoms with van der Waals surface area (Å²) in [5.41, 5.74) is -3.95. The van der Waals surface area contributed by atoms with Crippen molar-refractivity contribution in [3.8, 4) is 0 Å². The molecule has 2 aliphatic rings.